The molecule has 28 heavy (non-hydrogen) atoms. The predicted octanol–water partition coefficient (Wildman–Crippen LogP) is 4.61. The molecule has 2 heterocycles. The van der Waals surface area contributed by atoms with Crippen LogP contribution in [0.4, 0.5) is 5.82 Å². The van der Waals surface area contributed by atoms with Crippen LogP contribution in [0.25, 0.3) is 0 Å². The molecule has 7 heteroatoms. The number of aryl methyl sites for hydroxylation is 1. The van der Waals surface area contributed by atoms with Crippen molar-refractivity contribution < 1.29 is 4.79 Å². The van der Waals surface area contributed by atoms with E-state index < -0.39 is 0 Å². The number of carbonyl (C=O) groups is 1. The number of anilines is 1. The standard InChI is InChI=1S/C21H18BrN3O2S/c1-12-5-4-6-13(9-12)11-28-21-24-19-18(20(27)25-21)15(10-17(26)23-19)14-7-2-3-8-16(14)22/h2-9,15H,10-11H2,1H3,(H2,23,24,25,26,27). The van der Waals surface area contributed by atoms with Crippen LogP contribution in [0.3, 0.4) is 0 Å². The zero-order chi connectivity index (χ0) is 19.7. The van der Waals surface area contributed by atoms with Crippen molar-refractivity contribution in [3.63, 3.8) is 0 Å². The molecule has 1 amide bonds. The summed E-state index contributed by atoms with van der Waals surface area (Å²) in [6.07, 6.45) is 0.218. The predicted molar refractivity (Wildman–Crippen MR) is 115 cm³/mol. The largest absolute Gasteiger partial charge is 0.310 e. The van der Waals surface area contributed by atoms with E-state index in [2.05, 4.69) is 37.3 Å². The second-order valence-corrected chi connectivity index (χ2v) is 8.56. The summed E-state index contributed by atoms with van der Waals surface area (Å²) < 4.78 is 0.873. The number of H-pyrrole nitrogens is 1. The topological polar surface area (TPSA) is 74.8 Å². The first-order chi connectivity index (χ1) is 13.5. The van der Waals surface area contributed by atoms with Gasteiger partial charge in [0.15, 0.2) is 5.16 Å². The summed E-state index contributed by atoms with van der Waals surface area (Å²) in [4.78, 5) is 32.6. The molecule has 3 aromatic rings. The van der Waals surface area contributed by atoms with Crippen molar-refractivity contribution in [2.75, 3.05) is 5.32 Å². The van der Waals surface area contributed by atoms with Gasteiger partial charge in [-0.1, -0.05) is 75.7 Å². The lowest BCUT2D eigenvalue weighted by atomic mass is 9.87. The van der Waals surface area contributed by atoms with E-state index in [9.17, 15) is 9.59 Å². The number of fused-ring (bicyclic) bond motifs is 1. The summed E-state index contributed by atoms with van der Waals surface area (Å²) >= 11 is 4.97. The number of carbonyl (C=O) groups excluding carboxylic acids is 1. The van der Waals surface area contributed by atoms with Crippen LogP contribution in [-0.2, 0) is 10.5 Å². The summed E-state index contributed by atoms with van der Waals surface area (Å²) in [5, 5.41) is 3.27. The van der Waals surface area contributed by atoms with Crippen LogP contribution in [0.15, 0.2) is 63.0 Å². The summed E-state index contributed by atoms with van der Waals surface area (Å²) in [7, 11) is 0. The monoisotopic (exact) mass is 455 g/mol. The molecule has 1 aliphatic rings. The third-order valence-corrected chi connectivity index (χ3v) is 6.33. The van der Waals surface area contributed by atoms with Gasteiger partial charge in [0, 0.05) is 22.6 Å². The van der Waals surface area contributed by atoms with Crippen molar-refractivity contribution in [1.82, 2.24) is 9.97 Å². The number of aromatic amines is 1. The Morgan fingerprint density at radius 3 is 2.79 bits per heavy atom. The van der Waals surface area contributed by atoms with Crippen molar-refractivity contribution in [3.05, 3.63) is 85.6 Å². The second-order valence-electron chi connectivity index (χ2n) is 6.74. The number of hydrogen-bond acceptors (Lipinski definition) is 4. The minimum absolute atomic E-state index is 0.138. The average molecular weight is 456 g/mol. The summed E-state index contributed by atoms with van der Waals surface area (Å²) in [6, 6.07) is 15.9. The maximum atomic E-state index is 12.9. The Morgan fingerprint density at radius 2 is 2.00 bits per heavy atom. The SMILES string of the molecule is Cc1cccc(CSc2nc3c(c(=O)[nH]2)C(c2ccccc2Br)CC(=O)N3)c1. The molecule has 1 aliphatic heterocycles. The van der Waals surface area contributed by atoms with Crippen molar-refractivity contribution in [2.45, 2.75) is 30.2 Å². The highest BCUT2D eigenvalue weighted by atomic mass is 79.9. The molecule has 0 saturated heterocycles. The highest BCUT2D eigenvalue weighted by molar-refractivity contribution is 9.10. The Morgan fingerprint density at radius 1 is 1.18 bits per heavy atom. The normalized spacial score (nSPS) is 15.8. The van der Waals surface area contributed by atoms with E-state index in [1.54, 1.807) is 0 Å². The Kier molecular flexibility index (Phi) is 5.37. The lowest BCUT2D eigenvalue weighted by Crippen LogP contribution is -2.31. The van der Waals surface area contributed by atoms with Gasteiger partial charge in [0.2, 0.25) is 5.91 Å². The second kappa shape index (κ2) is 7.93. The molecule has 142 valence electrons. The molecule has 0 bridgehead atoms. The van der Waals surface area contributed by atoms with Crippen LogP contribution < -0.4 is 10.9 Å². The Bertz CT molecular complexity index is 1110. The van der Waals surface area contributed by atoms with Crippen molar-refractivity contribution in [2.24, 2.45) is 0 Å². The molecule has 5 nitrogen and oxygen atoms in total. The maximum Gasteiger partial charge on any atom is 0.257 e. The average Bonchev–Trinajstić information content (AvgIpc) is 2.66. The molecular weight excluding hydrogens is 438 g/mol. The molecule has 4 rings (SSSR count). The molecule has 1 aromatic heterocycles. The lowest BCUT2D eigenvalue weighted by molar-refractivity contribution is -0.116. The molecule has 2 aromatic carbocycles. The van der Waals surface area contributed by atoms with Crippen LogP contribution in [0.5, 0.6) is 0 Å². The van der Waals surface area contributed by atoms with E-state index in [0.29, 0.717) is 22.3 Å². The number of halogens is 1. The molecular formula is C21H18BrN3O2S. The van der Waals surface area contributed by atoms with Gasteiger partial charge in [-0.05, 0) is 24.1 Å². The minimum Gasteiger partial charge on any atom is -0.310 e. The molecule has 0 radical (unpaired) electrons. The van der Waals surface area contributed by atoms with Gasteiger partial charge in [-0.3, -0.25) is 9.59 Å². The first-order valence-electron chi connectivity index (χ1n) is 8.88. The number of amides is 1. The number of aromatic nitrogens is 2. The Labute approximate surface area is 175 Å². The Balaban J connectivity index is 1.67. The van der Waals surface area contributed by atoms with E-state index in [0.717, 1.165) is 15.6 Å². The van der Waals surface area contributed by atoms with Crippen LogP contribution in [0.1, 0.15) is 34.6 Å². The first-order valence-corrected chi connectivity index (χ1v) is 10.7. The van der Waals surface area contributed by atoms with Gasteiger partial charge in [-0.2, -0.15) is 0 Å². The third-order valence-electron chi connectivity index (χ3n) is 4.67. The number of nitrogens with zero attached hydrogens (tertiary/aromatic N) is 1. The molecule has 0 saturated carbocycles. The smallest absolute Gasteiger partial charge is 0.257 e. The fourth-order valence-corrected chi connectivity index (χ4v) is 4.76. The van der Waals surface area contributed by atoms with Gasteiger partial charge in [0.1, 0.15) is 5.82 Å². The van der Waals surface area contributed by atoms with Gasteiger partial charge >= 0.3 is 0 Å². The van der Waals surface area contributed by atoms with Gasteiger partial charge in [-0.15, -0.1) is 0 Å². The van der Waals surface area contributed by atoms with Crippen molar-refractivity contribution in [3.8, 4) is 0 Å². The first kappa shape index (κ1) is 19.0. The zero-order valence-electron chi connectivity index (χ0n) is 15.2. The van der Waals surface area contributed by atoms with E-state index in [-0.39, 0.29) is 23.8 Å². The molecule has 1 unspecified atom stereocenters. The van der Waals surface area contributed by atoms with Crippen LogP contribution >= 0.6 is 27.7 Å². The Hall–Kier alpha value is -2.38. The quantitative estimate of drug-likeness (QED) is 0.444. The fraction of sp³-hybridized carbons (Fsp3) is 0.190. The van der Waals surface area contributed by atoms with E-state index in [1.165, 1.54) is 17.3 Å². The highest BCUT2D eigenvalue weighted by Gasteiger charge is 2.31. The van der Waals surface area contributed by atoms with E-state index in [4.69, 9.17) is 0 Å². The van der Waals surface area contributed by atoms with E-state index >= 15 is 0 Å². The molecule has 0 aliphatic carbocycles. The van der Waals surface area contributed by atoms with Crippen LogP contribution in [0, 0.1) is 6.92 Å². The van der Waals surface area contributed by atoms with Gasteiger partial charge in [0.25, 0.3) is 5.56 Å². The number of hydrogen-bond donors (Lipinski definition) is 2. The molecule has 0 fully saturated rings. The van der Waals surface area contributed by atoms with Crippen molar-refractivity contribution in [1.29, 1.82) is 0 Å². The maximum absolute atomic E-state index is 12.9. The number of nitrogens with one attached hydrogen (secondary N) is 2. The van der Waals surface area contributed by atoms with Crippen molar-refractivity contribution >= 4 is 39.4 Å². The lowest BCUT2D eigenvalue weighted by Gasteiger charge is -2.25. The summed E-state index contributed by atoms with van der Waals surface area (Å²) in [6.45, 7) is 2.05. The third kappa shape index (κ3) is 3.91. The molecule has 2 N–H and O–H groups in total. The number of thioether (sulfide) groups is 1. The van der Waals surface area contributed by atoms with Gasteiger partial charge in [0.05, 0.1) is 5.56 Å². The molecule has 1 atom stereocenters. The fourth-order valence-electron chi connectivity index (χ4n) is 3.40. The molecule has 0 spiro atoms. The van der Waals surface area contributed by atoms with Gasteiger partial charge < -0.3 is 10.3 Å². The van der Waals surface area contributed by atoms with Crippen LogP contribution in [-0.4, -0.2) is 15.9 Å². The number of rotatable bonds is 4. The summed E-state index contributed by atoms with van der Waals surface area (Å²) in [5.41, 5.74) is 3.55. The van der Waals surface area contributed by atoms with Gasteiger partial charge in [-0.25, -0.2) is 4.98 Å². The zero-order valence-corrected chi connectivity index (χ0v) is 17.6. The van der Waals surface area contributed by atoms with Crippen LogP contribution in [0.2, 0.25) is 0 Å². The minimum atomic E-state index is -0.327. The number of benzene rings is 2. The van der Waals surface area contributed by atoms with E-state index in [1.807, 2.05) is 49.4 Å². The summed E-state index contributed by atoms with van der Waals surface area (Å²) in [5.74, 6) is 0.574. The highest BCUT2D eigenvalue weighted by Crippen LogP contribution is 2.37.